The van der Waals surface area contributed by atoms with Crippen molar-refractivity contribution in [2.24, 2.45) is 0 Å². The van der Waals surface area contributed by atoms with E-state index in [1.54, 1.807) is 18.2 Å². The Kier molecular flexibility index (Phi) is 5.94. The van der Waals surface area contributed by atoms with Gasteiger partial charge in [-0.25, -0.2) is 9.78 Å². The van der Waals surface area contributed by atoms with Crippen LogP contribution in [0.2, 0.25) is 0 Å². The first kappa shape index (κ1) is 21.4. The van der Waals surface area contributed by atoms with Crippen LogP contribution < -0.4 is 10.6 Å². The number of methoxy groups -OCH3 is 1. The predicted octanol–water partition coefficient (Wildman–Crippen LogP) is 4.93. The van der Waals surface area contributed by atoms with Crippen LogP contribution in [0.4, 0.5) is 22.9 Å². The van der Waals surface area contributed by atoms with Gasteiger partial charge in [0.1, 0.15) is 0 Å². The maximum atomic E-state index is 12.9. The lowest BCUT2D eigenvalue weighted by Gasteiger charge is -2.12. The fraction of sp³-hybridized carbons (Fsp3) is 0.0417. The van der Waals surface area contributed by atoms with Crippen LogP contribution in [-0.4, -0.2) is 28.9 Å². The number of nitrogens with zero attached hydrogens (tertiary/aromatic N) is 2. The number of carbonyl (C=O) groups is 2. The Bertz CT molecular complexity index is 1390. The fourth-order valence-electron chi connectivity index (χ4n) is 3.32. The summed E-state index contributed by atoms with van der Waals surface area (Å²) in [6.45, 7) is 0. The Labute approximate surface area is 188 Å². The van der Waals surface area contributed by atoms with Crippen LogP contribution in [0, 0.1) is 10.1 Å². The van der Waals surface area contributed by atoms with Crippen molar-refractivity contribution in [2.75, 3.05) is 17.7 Å². The minimum Gasteiger partial charge on any atom is -0.465 e. The van der Waals surface area contributed by atoms with Gasteiger partial charge in [-0.3, -0.25) is 14.9 Å². The van der Waals surface area contributed by atoms with Crippen LogP contribution in [0.5, 0.6) is 0 Å². The van der Waals surface area contributed by atoms with Gasteiger partial charge >= 0.3 is 11.7 Å². The number of hydrogen-bond acceptors (Lipinski definition) is 7. The molecule has 0 saturated heterocycles. The third-order valence-electron chi connectivity index (χ3n) is 4.87. The Hall–Kier alpha value is -4.79. The summed E-state index contributed by atoms with van der Waals surface area (Å²) in [6, 6.07) is 20.2. The van der Waals surface area contributed by atoms with E-state index in [0.717, 1.165) is 10.8 Å². The van der Waals surface area contributed by atoms with E-state index in [0.29, 0.717) is 16.9 Å². The molecule has 1 heterocycles. The van der Waals surface area contributed by atoms with Gasteiger partial charge < -0.3 is 15.4 Å². The zero-order chi connectivity index (χ0) is 23.4. The van der Waals surface area contributed by atoms with Crippen molar-refractivity contribution in [1.82, 2.24) is 4.98 Å². The first-order valence-electron chi connectivity index (χ1n) is 9.84. The highest BCUT2D eigenvalue weighted by Crippen LogP contribution is 2.28. The Morgan fingerprint density at radius 1 is 0.909 bits per heavy atom. The molecule has 0 aliphatic heterocycles. The molecular formula is C24H18N4O5. The number of hydrogen-bond donors (Lipinski definition) is 2. The van der Waals surface area contributed by atoms with E-state index < -0.39 is 10.9 Å². The van der Waals surface area contributed by atoms with Crippen molar-refractivity contribution in [3.8, 4) is 0 Å². The number of ether oxygens (including phenoxy) is 1. The Balaban J connectivity index is 1.66. The maximum absolute atomic E-state index is 12.9. The molecule has 1 aromatic heterocycles. The molecule has 0 aliphatic carbocycles. The molecule has 0 fully saturated rings. The average molecular weight is 442 g/mol. The molecule has 0 spiro atoms. The Morgan fingerprint density at radius 2 is 1.67 bits per heavy atom. The molecule has 3 aromatic carbocycles. The van der Waals surface area contributed by atoms with Gasteiger partial charge in [-0.15, -0.1) is 0 Å². The molecule has 0 aliphatic rings. The van der Waals surface area contributed by atoms with Crippen LogP contribution in [0.15, 0.2) is 79.0 Å². The molecular weight excluding hydrogens is 424 g/mol. The van der Waals surface area contributed by atoms with E-state index >= 15 is 0 Å². The molecule has 9 nitrogen and oxygen atoms in total. The number of pyridine rings is 1. The summed E-state index contributed by atoms with van der Waals surface area (Å²) < 4.78 is 4.79. The van der Waals surface area contributed by atoms with Gasteiger partial charge in [0.25, 0.3) is 5.91 Å². The highest BCUT2D eigenvalue weighted by molar-refractivity contribution is 6.07. The summed E-state index contributed by atoms with van der Waals surface area (Å²) >= 11 is 0. The number of benzene rings is 3. The highest BCUT2D eigenvalue weighted by Gasteiger charge is 2.17. The molecule has 2 N–H and O–H groups in total. The molecule has 0 unspecified atom stereocenters. The van der Waals surface area contributed by atoms with Crippen LogP contribution in [0.3, 0.4) is 0 Å². The number of rotatable bonds is 6. The molecule has 164 valence electrons. The fourth-order valence-corrected chi connectivity index (χ4v) is 3.32. The topological polar surface area (TPSA) is 123 Å². The number of nitrogens with one attached hydrogen (secondary N) is 2. The number of fused-ring (bicyclic) bond motifs is 1. The van der Waals surface area contributed by atoms with Gasteiger partial charge in [0.2, 0.25) is 5.82 Å². The highest BCUT2D eigenvalue weighted by atomic mass is 16.6. The first-order valence-corrected chi connectivity index (χ1v) is 9.84. The lowest BCUT2D eigenvalue weighted by molar-refractivity contribution is -0.384. The third-order valence-corrected chi connectivity index (χ3v) is 4.87. The van der Waals surface area contributed by atoms with Gasteiger partial charge in [-0.05, 0) is 47.2 Å². The van der Waals surface area contributed by atoms with E-state index in [4.69, 9.17) is 4.74 Å². The van der Waals surface area contributed by atoms with E-state index in [9.17, 15) is 19.7 Å². The lowest BCUT2D eigenvalue weighted by atomic mass is 10.1. The Morgan fingerprint density at radius 3 is 2.42 bits per heavy atom. The van der Waals surface area contributed by atoms with Gasteiger partial charge in [0.15, 0.2) is 0 Å². The van der Waals surface area contributed by atoms with E-state index in [1.807, 2.05) is 30.3 Å². The second kappa shape index (κ2) is 9.15. The molecule has 0 bridgehead atoms. The first-order chi connectivity index (χ1) is 15.9. The van der Waals surface area contributed by atoms with Gasteiger partial charge in [0.05, 0.1) is 17.6 Å². The molecule has 0 atom stereocenters. The quantitative estimate of drug-likeness (QED) is 0.247. The van der Waals surface area contributed by atoms with Crippen LogP contribution in [0.1, 0.15) is 20.7 Å². The summed E-state index contributed by atoms with van der Waals surface area (Å²) in [5.41, 5.74) is 0.968. The second-order valence-electron chi connectivity index (χ2n) is 7.06. The maximum Gasteiger partial charge on any atom is 0.337 e. The van der Waals surface area contributed by atoms with E-state index in [-0.39, 0.29) is 23.0 Å². The van der Waals surface area contributed by atoms with E-state index in [1.165, 1.54) is 37.6 Å². The van der Waals surface area contributed by atoms with Crippen LogP contribution in [0.25, 0.3) is 10.8 Å². The molecule has 9 heteroatoms. The third kappa shape index (κ3) is 4.77. The molecule has 33 heavy (non-hydrogen) atoms. The number of nitro groups is 1. The number of esters is 1. The molecule has 1 amide bonds. The molecule has 0 radical (unpaired) electrons. The lowest BCUT2D eigenvalue weighted by Crippen LogP contribution is -2.13. The van der Waals surface area contributed by atoms with Crippen LogP contribution in [-0.2, 0) is 4.74 Å². The van der Waals surface area contributed by atoms with Crippen LogP contribution >= 0.6 is 0 Å². The minimum atomic E-state index is -0.629. The number of carbonyl (C=O) groups excluding carboxylic acids is 2. The van der Waals surface area contributed by atoms with Crippen molar-refractivity contribution in [3.05, 3.63) is 100 Å². The van der Waals surface area contributed by atoms with Crippen molar-refractivity contribution in [1.29, 1.82) is 0 Å². The summed E-state index contributed by atoms with van der Waals surface area (Å²) in [4.78, 5) is 39.8. The smallest absolute Gasteiger partial charge is 0.337 e. The van der Waals surface area contributed by atoms with Gasteiger partial charge in [-0.1, -0.05) is 30.3 Å². The number of aromatic nitrogens is 1. The van der Waals surface area contributed by atoms with Crippen molar-refractivity contribution in [3.63, 3.8) is 0 Å². The standard InChI is InChI=1S/C24H18N4O5/c1-33-24(30)18-12-19(26-22-21(28(31)32)7-4-10-25-22)14-20(13-18)27-23(29)17-9-8-15-5-2-3-6-16(15)11-17/h2-14H,1H3,(H,25,26)(H,27,29). The normalized spacial score (nSPS) is 10.5. The SMILES string of the molecule is COC(=O)c1cc(NC(=O)c2ccc3ccccc3c2)cc(Nc2ncccc2[N+](=O)[O-])c1. The van der Waals surface area contributed by atoms with Gasteiger partial charge in [0, 0.05) is 29.2 Å². The molecule has 4 rings (SSSR count). The summed E-state index contributed by atoms with van der Waals surface area (Å²) in [5.74, 6) is -1.01. The number of anilines is 3. The summed E-state index contributed by atoms with van der Waals surface area (Å²) in [5, 5.41) is 18.8. The zero-order valence-corrected chi connectivity index (χ0v) is 17.4. The average Bonchev–Trinajstić information content (AvgIpc) is 2.83. The predicted molar refractivity (Wildman–Crippen MR) is 124 cm³/mol. The van der Waals surface area contributed by atoms with Crippen molar-refractivity contribution >= 4 is 45.5 Å². The van der Waals surface area contributed by atoms with Crippen molar-refractivity contribution < 1.29 is 19.2 Å². The summed E-state index contributed by atoms with van der Waals surface area (Å²) in [6.07, 6.45) is 1.40. The zero-order valence-electron chi connectivity index (χ0n) is 17.4. The molecule has 4 aromatic rings. The van der Waals surface area contributed by atoms with Crippen molar-refractivity contribution in [2.45, 2.75) is 0 Å². The number of amides is 1. The largest absolute Gasteiger partial charge is 0.465 e. The summed E-state index contributed by atoms with van der Waals surface area (Å²) in [7, 11) is 1.24. The molecule has 0 saturated carbocycles. The van der Waals surface area contributed by atoms with Gasteiger partial charge in [-0.2, -0.15) is 0 Å². The van der Waals surface area contributed by atoms with E-state index in [2.05, 4.69) is 15.6 Å². The minimum absolute atomic E-state index is 0.00341. The monoisotopic (exact) mass is 442 g/mol. The second-order valence-corrected chi connectivity index (χ2v) is 7.06.